The predicted octanol–water partition coefficient (Wildman–Crippen LogP) is 3.51. The summed E-state index contributed by atoms with van der Waals surface area (Å²) in [6.45, 7) is 0. The molecular formula is C14H15BrN4. The van der Waals surface area contributed by atoms with E-state index in [0.717, 1.165) is 16.0 Å². The lowest BCUT2D eigenvalue weighted by atomic mass is 10.1. The Morgan fingerprint density at radius 2 is 2.05 bits per heavy atom. The molecule has 0 amide bonds. The number of rotatable bonds is 3. The molecule has 0 fully saturated rings. The fourth-order valence-electron chi connectivity index (χ4n) is 2.36. The highest BCUT2D eigenvalue weighted by atomic mass is 79.9. The number of nitrogens with zero attached hydrogens (tertiary/aromatic N) is 2. The van der Waals surface area contributed by atoms with Crippen LogP contribution in [0.15, 0.2) is 28.9 Å². The van der Waals surface area contributed by atoms with Crippen LogP contribution in [0.3, 0.4) is 0 Å². The second kappa shape index (κ2) is 5.17. The molecule has 4 nitrogen and oxygen atoms in total. The average Bonchev–Trinajstić information content (AvgIpc) is 2.89. The Hall–Kier alpha value is -1.62. The Labute approximate surface area is 120 Å². The summed E-state index contributed by atoms with van der Waals surface area (Å²) in [4.78, 5) is 8.55. The number of benzene rings is 1. The van der Waals surface area contributed by atoms with Gasteiger partial charge in [-0.15, -0.1) is 0 Å². The van der Waals surface area contributed by atoms with Crippen LogP contribution in [0.5, 0.6) is 0 Å². The van der Waals surface area contributed by atoms with Gasteiger partial charge in [0.15, 0.2) is 0 Å². The maximum absolute atomic E-state index is 4.40. The number of anilines is 3. The van der Waals surface area contributed by atoms with E-state index in [-0.39, 0.29) is 0 Å². The Morgan fingerprint density at radius 1 is 1.21 bits per heavy atom. The van der Waals surface area contributed by atoms with E-state index in [2.05, 4.69) is 54.7 Å². The molecule has 0 bridgehead atoms. The first-order valence-corrected chi connectivity index (χ1v) is 7.14. The number of aryl methyl sites for hydroxylation is 2. The smallest absolute Gasteiger partial charge is 0.224 e. The SMILES string of the molecule is CNc1ncc(Br)c(Nc2ccc3c(c2)CCC3)n1. The standard InChI is InChI=1S/C14H15BrN4/c1-16-14-17-8-12(15)13(19-14)18-11-6-5-9-3-2-4-10(9)7-11/h5-8H,2-4H2,1H3,(H2,16,17,18,19). The third-order valence-corrected chi connectivity index (χ3v) is 3.91. The van der Waals surface area contributed by atoms with Crippen LogP contribution in [0.2, 0.25) is 0 Å². The third kappa shape index (κ3) is 2.56. The Bertz CT molecular complexity index is 612. The minimum absolute atomic E-state index is 0.604. The van der Waals surface area contributed by atoms with Crippen molar-refractivity contribution in [2.24, 2.45) is 0 Å². The molecule has 0 spiro atoms. The zero-order chi connectivity index (χ0) is 13.2. The molecule has 1 aromatic carbocycles. The van der Waals surface area contributed by atoms with Crippen LogP contribution in [0.4, 0.5) is 17.5 Å². The number of aromatic nitrogens is 2. The van der Waals surface area contributed by atoms with E-state index in [9.17, 15) is 0 Å². The second-order valence-electron chi connectivity index (χ2n) is 4.60. The molecule has 0 atom stereocenters. The largest absolute Gasteiger partial charge is 0.357 e. The van der Waals surface area contributed by atoms with E-state index in [4.69, 9.17) is 0 Å². The Kier molecular flexibility index (Phi) is 3.38. The quantitative estimate of drug-likeness (QED) is 0.909. The molecule has 1 aliphatic carbocycles. The topological polar surface area (TPSA) is 49.8 Å². The normalized spacial score (nSPS) is 13.2. The van der Waals surface area contributed by atoms with Gasteiger partial charge in [0, 0.05) is 18.9 Å². The second-order valence-corrected chi connectivity index (χ2v) is 5.46. The highest BCUT2D eigenvalue weighted by Crippen LogP contribution is 2.28. The summed E-state index contributed by atoms with van der Waals surface area (Å²) in [5.74, 6) is 1.38. The lowest BCUT2D eigenvalue weighted by Crippen LogP contribution is -2.01. The zero-order valence-corrected chi connectivity index (χ0v) is 12.3. The highest BCUT2D eigenvalue weighted by molar-refractivity contribution is 9.10. The summed E-state index contributed by atoms with van der Waals surface area (Å²) in [6, 6.07) is 6.53. The molecule has 2 aromatic rings. The molecule has 0 saturated carbocycles. The van der Waals surface area contributed by atoms with Gasteiger partial charge >= 0.3 is 0 Å². The molecular weight excluding hydrogens is 304 g/mol. The van der Waals surface area contributed by atoms with Gasteiger partial charge in [-0.05, 0) is 58.5 Å². The molecule has 5 heteroatoms. The van der Waals surface area contributed by atoms with E-state index < -0.39 is 0 Å². The first-order chi connectivity index (χ1) is 9.26. The molecule has 1 heterocycles. The lowest BCUT2D eigenvalue weighted by Gasteiger charge is -2.10. The predicted molar refractivity (Wildman–Crippen MR) is 81.0 cm³/mol. The molecule has 1 aliphatic rings. The summed E-state index contributed by atoms with van der Waals surface area (Å²) in [6.07, 6.45) is 5.39. The van der Waals surface area contributed by atoms with Crippen molar-refractivity contribution in [1.29, 1.82) is 0 Å². The summed E-state index contributed by atoms with van der Waals surface area (Å²) >= 11 is 3.46. The molecule has 19 heavy (non-hydrogen) atoms. The van der Waals surface area contributed by atoms with E-state index in [0.29, 0.717) is 5.95 Å². The van der Waals surface area contributed by atoms with Gasteiger partial charge in [-0.2, -0.15) is 4.98 Å². The van der Waals surface area contributed by atoms with Gasteiger partial charge < -0.3 is 10.6 Å². The highest BCUT2D eigenvalue weighted by Gasteiger charge is 2.11. The van der Waals surface area contributed by atoms with Crippen molar-refractivity contribution in [1.82, 2.24) is 9.97 Å². The van der Waals surface area contributed by atoms with Crippen LogP contribution in [0, 0.1) is 0 Å². The molecule has 3 rings (SSSR count). The number of nitrogens with one attached hydrogen (secondary N) is 2. The van der Waals surface area contributed by atoms with Crippen molar-refractivity contribution in [3.05, 3.63) is 40.0 Å². The average molecular weight is 319 g/mol. The van der Waals surface area contributed by atoms with Gasteiger partial charge in [0.2, 0.25) is 5.95 Å². The van der Waals surface area contributed by atoms with Gasteiger partial charge in [-0.3, -0.25) is 0 Å². The van der Waals surface area contributed by atoms with Crippen molar-refractivity contribution in [3.8, 4) is 0 Å². The van der Waals surface area contributed by atoms with Gasteiger partial charge in [-0.25, -0.2) is 4.98 Å². The number of hydrogen-bond acceptors (Lipinski definition) is 4. The van der Waals surface area contributed by atoms with E-state index in [1.807, 2.05) is 7.05 Å². The van der Waals surface area contributed by atoms with Crippen molar-refractivity contribution >= 4 is 33.4 Å². The number of hydrogen-bond donors (Lipinski definition) is 2. The summed E-state index contributed by atoms with van der Waals surface area (Å²) in [7, 11) is 1.81. The summed E-state index contributed by atoms with van der Waals surface area (Å²) in [5, 5.41) is 6.28. The van der Waals surface area contributed by atoms with E-state index in [1.165, 1.54) is 30.4 Å². The molecule has 0 radical (unpaired) electrons. The molecule has 2 N–H and O–H groups in total. The van der Waals surface area contributed by atoms with Gasteiger partial charge in [0.05, 0.1) is 4.47 Å². The van der Waals surface area contributed by atoms with Crippen molar-refractivity contribution < 1.29 is 0 Å². The minimum atomic E-state index is 0.604. The van der Waals surface area contributed by atoms with E-state index >= 15 is 0 Å². The summed E-state index contributed by atoms with van der Waals surface area (Å²) < 4.78 is 0.854. The Morgan fingerprint density at radius 3 is 2.89 bits per heavy atom. The first kappa shape index (κ1) is 12.4. The van der Waals surface area contributed by atoms with Crippen LogP contribution in [0.1, 0.15) is 17.5 Å². The first-order valence-electron chi connectivity index (χ1n) is 6.35. The van der Waals surface area contributed by atoms with Gasteiger partial charge in [0.25, 0.3) is 0 Å². The monoisotopic (exact) mass is 318 g/mol. The van der Waals surface area contributed by atoms with Crippen LogP contribution in [-0.2, 0) is 12.8 Å². The maximum Gasteiger partial charge on any atom is 0.224 e. The molecule has 1 aromatic heterocycles. The van der Waals surface area contributed by atoms with Crippen LogP contribution < -0.4 is 10.6 Å². The van der Waals surface area contributed by atoms with E-state index in [1.54, 1.807) is 6.20 Å². The number of halogens is 1. The molecule has 0 saturated heterocycles. The van der Waals surface area contributed by atoms with Crippen LogP contribution in [-0.4, -0.2) is 17.0 Å². The van der Waals surface area contributed by atoms with Crippen LogP contribution >= 0.6 is 15.9 Å². The Balaban J connectivity index is 1.88. The zero-order valence-electron chi connectivity index (χ0n) is 10.7. The number of fused-ring (bicyclic) bond motifs is 1. The van der Waals surface area contributed by atoms with Gasteiger partial charge in [0.1, 0.15) is 5.82 Å². The lowest BCUT2D eigenvalue weighted by molar-refractivity contribution is 0.912. The third-order valence-electron chi connectivity index (χ3n) is 3.33. The fraction of sp³-hybridized carbons (Fsp3) is 0.286. The van der Waals surface area contributed by atoms with Crippen molar-refractivity contribution in [2.75, 3.05) is 17.7 Å². The minimum Gasteiger partial charge on any atom is -0.357 e. The maximum atomic E-state index is 4.40. The van der Waals surface area contributed by atoms with Crippen molar-refractivity contribution in [3.63, 3.8) is 0 Å². The molecule has 0 aliphatic heterocycles. The van der Waals surface area contributed by atoms with Crippen molar-refractivity contribution in [2.45, 2.75) is 19.3 Å². The van der Waals surface area contributed by atoms with Crippen LogP contribution in [0.25, 0.3) is 0 Å². The molecule has 0 unspecified atom stereocenters. The summed E-state index contributed by atoms with van der Waals surface area (Å²) in [5.41, 5.74) is 3.99. The van der Waals surface area contributed by atoms with Gasteiger partial charge in [-0.1, -0.05) is 6.07 Å². The fourth-order valence-corrected chi connectivity index (χ4v) is 2.65. The molecule has 98 valence electrons.